The third-order valence-corrected chi connectivity index (χ3v) is 3.52. The summed E-state index contributed by atoms with van der Waals surface area (Å²) in [7, 11) is 3.06. The monoisotopic (exact) mass is 310 g/mol. The molecule has 0 saturated carbocycles. The predicted octanol–water partition coefficient (Wildman–Crippen LogP) is 1.56. The van der Waals surface area contributed by atoms with E-state index < -0.39 is 11.2 Å². The van der Waals surface area contributed by atoms with Crippen molar-refractivity contribution < 1.29 is 9.47 Å². The molecule has 0 amide bonds. The Morgan fingerprint density at radius 1 is 1.19 bits per heavy atom. The number of ether oxygens (including phenoxy) is 2. The zero-order valence-electron chi connectivity index (χ0n) is 11.9. The number of rotatable bonds is 4. The van der Waals surface area contributed by atoms with E-state index in [4.69, 9.17) is 21.1 Å². The minimum absolute atomic E-state index is 0.0635. The van der Waals surface area contributed by atoms with Gasteiger partial charge in [-0.1, -0.05) is 17.7 Å². The van der Waals surface area contributed by atoms with E-state index in [0.717, 1.165) is 10.1 Å². The maximum Gasteiger partial charge on any atom is 0.329 e. The van der Waals surface area contributed by atoms with Crippen molar-refractivity contribution in [3.05, 3.63) is 55.3 Å². The highest BCUT2D eigenvalue weighted by molar-refractivity contribution is 6.30. The standard InChI is InChI=1S/C14H15ClN2O4/c1-8-12(15)16-14(19)17(13(8)18)7-9-4-5-10(20-2)11(6-9)21-3/h4-6H,7H2,1-3H3,(H,16,19). The number of methoxy groups -OCH3 is 2. The van der Waals surface area contributed by atoms with Crippen LogP contribution in [-0.2, 0) is 6.54 Å². The molecule has 2 aromatic rings. The highest BCUT2D eigenvalue weighted by Gasteiger charge is 2.11. The van der Waals surface area contributed by atoms with Crippen molar-refractivity contribution in [2.24, 2.45) is 0 Å². The normalized spacial score (nSPS) is 10.5. The lowest BCUT2D eigenvalue weighted by Crippen LogP contribution is -2.36. The molecule has 1 N–H and O–H groups in total. The lowest BCUT2D eigenvalue weighted by molar-refractivity contribution is 0.354. The van der Waals surface area contributed by atoms with Gasteiger partial charge in [0.25, 0.3) is 5.56 Å². The maximum absolute atomic E-state index is 12.1. The van der Waals surface area contributed by atoms with E-state index in [1.54, 1.807) is 25.1 Å². The van der Waals surface area contributed by atoms with Gasteiger partial charge in [-0.15, -0.1) is 0 Å². The Kier molecular flexibility index (Phi) is 4.37. The molecule has 7 heteroatoms. The minimum atomic E-state index is -0.551. The fourth-order valence-corrected chi connectivity index (χ4v) is 2.11. The van der Waals surface area contributed by atoms with Gasteiger partial charge in [0, 0.05) is 5.56 Å². The summed E-state index contributed by atoms with van der Waals surface area (Å²) in [5, 5.41) is 0.0635. The number of benzene rings is 1. The second-order valence-electron chi connectivity index (χ2n) is 4.45. The summed E-state index contributed by atoms with van der Waals surface area (Å²) in [5.41, 5.74) is 0.0719. The maximum atomic E-state index is 12.1. The van der Waals surface area contributed by atoms with Crippen LogP contribution in [0.4, 0.5) is 0 Å². The Hall–Kier alpha value is -2.21. The summed E-state index contributed by atoms with van der Waals surface area (Å²) >= 11 is 5.78. The van der Waals surface area contributed by atoms with Gasteiger partial charge >= 0.3 is 5.69 Å². The molecule has 0 atom stereocenters. The van der Waals surface area contributed by atoms with Gasteiger partial charge in [-0.2, -0.15) is 0 Å². The number of aromatic nitrogens is 2. The average Bonchev–Trinajstić information content (AvgIpc) is 2.49. The third-order valence-electron chi connectivity index (χ3n) is 3.15. The fourth-order valence-electron chi connectivity index (χ4n) is 1.95. The number of hydrogen-bond donors (Lipinski definition) is 1. The van der Waals surface area contributed by atoms with Crippen molar-refractivity contribution >= 4 is 11.6 Å². The van der Waals surface area contributed by atoms with Crippen molar-refractivity contribution in [3.8, 4) is 11.5 Å². The van der Waals surface area contributed by atoms with Crippen molar-refractivity contribution in [2.75, 3.05) is 14.2 Å². The Morgan fingerprint density at radius 3 is 2.48 bits per heavy atom. The van der Waals surface area contributed by atoms with E-state index in [0.29, 0.717) is 17.1 Å². The van der Waals surface area contributed by atoms with E-state index in [-0.39, 0.29) is 11.7 Å². The van der Waals surface area contributed by atoms with Crippen LogP contribution in [0.2, 0.25) is 5.15 Å². The van der Waals surface area contributed by atoms with Gasteiger partial charge < -0.3 is 9.47 Å². The SMILES string of the molecule is COc1ccc(Cn2c(=O)[nH]c(Cl)c(C)c2=O)cc1OC. The Bertz CT molecular complexity index is 780. The van der Waals surface area contributed by atoms with Gasteiger partial charge in [0.1, 0.15) is 5.15 Å². The van der Waals surface area contributed by atoms with Crippen LogP contribution in [0, 0.1) is 6.92 Å². The molecule has 1 heterocycles. The lowest BCUT2D eigenvalue weighted by atomic mass is 10.2. The molecule has 0 unspecified atom stereocenters. The highest BCUT2D eigenvalue weighted by atomic mass is 35.5. The molecule has 0 aliphatic carbocycles. The molecule has 0 saturated heterocycles. The summed E-state index contributed by atoms with van der Waals surface area (Å²) in [6.07, 6.45) is 0. The van der Waals surface area contributed by atoms with Crippen molar-refractivity contribution in [2.45, 2.75) is 13.5 Å². The number of nitrogens with one attached hydrogen (secondary N) is 1. The van der Waals surface area contributed by atoms with Crippen LogP contribution in [0.5, 0.6) is 11.5 Å². The average molecular weight is 311 g/mol. The minimum Gasteiger partial charge on any atom is -0.493 e. The molecule has 0 bridgehead atoms. The van der Waals surface area contributed by atoms with E-state index >= 15 is 0 Å². The molecule has 0 aliphatic heterocycles. The molecular weight excluding hydrogens is 296 g/mol. The summed E-state index contributed by atoms with van der Waals surface area (Å²) < 4.78 is 11.4. The molecule has 0 radical (unpaired) electrons. The first-order chi connectivity index (χ1) is 9.97. The number of nitrogens with zero attached hydrogens (tertiary/aromatic N) is 1. The van der Waals surface area contributed by atoms with Crippen molar-refractivity contribution in [1.82, 2.24) is 9.55 Å². The summed E-state index contributed by atoms with van der Waals surface area (Å²) in [4.78, 5) is 26.4. The van der Waals surface area contributed by atoms with Crippen molar-refractivity contribution in [3.63, 3.8) is 0 Å². The molecule has 1 aromatic heterocycles. The summed E-state index contributed by atoms with van der Waals surface area (Å²) in [6, 6.07) is 5.20. The first-order valence-electron chi connectivity index (χ1n) is 6.18. The van der Waals surface area contributed by atoms with Crippen LogP contribution < -0.4 is 20.7 Å². The highest BCUT2D eigenvalue weighted by Crippen LogP contribution is 2.27. The quantitative estimate of drug-likeness (QED) is 0.870. The number of H-pyrrole nitrogens is 1. The molecule has 0 aliphatic rings. The first-order valence-corrected chi connectivity index (χ1v) is 6.55. The molecule has 2 rings (SSSR count). The lowest BCUT2D eigenvalue weighted by Gasteiger charge is -2.11. The third kappa shape index (κ3) is 2.95. The molecule has 112 valence electrons. The predicted molar refractivity (Wildman–Crippen MR) is 79.7 cm³/mol. The van der Waals surface area contributed by atoms with Crippen LogP contribution in [0.1, 0.15) is 11.1 Å². The van der Waals surface area contributed by atoms with Gasteiger partial charge in [0.05, 0.1) is 20.8 Å². The Labute approximate surface area is 125 Å². The van der Waals surface area contributed by atoms with Crippen LogP contribution in [-0.4, -0.2) is 23.8 Å². The van der Waals surface area contributed by atoms with Crippen LogP contribution in [0.15, 0.2) is 27.8 Å². The van der Waals surface area contributed by atoms with Gasteiger partial charge in [0.2, 0.25) is 0 Å². The molecule has 21 heavy (non-hydrogen) atoms. The fraction of sp³-hybridized carbons (Fsp3) is 0.286. The zero-order valence-corrected chi connectivity index (χ0v) is 12.7. The van der Waals surface area contributed by atoms with Gasteiger partial charge in [-0.3, -0.25) is 14.3 Å². The molecular formula is C14H15ClN2O4. The molecule has 0 spiro atoms. The van der Waals surface area contributed by atoms with Crippen LogP contribution in [0.25, 0.3) is 0 Å². The molecule has 1 aromatic carbocycles. The van der Waals surface area contributed by atoms with Crippen LogP contribution >= 0.6 is 11.6 Å². The van der Waals surface area contributed by atoms with Gasteiger partial charge in [-0.05, 0) is 24.6 Å². The summed E-state index contributed by atoms with van der Waals surface area (Å²) in [6.45, 7) is 1.68. The van der Waals surface area contributed by atoms with E-state index in [1.807, 2.05) is 0 Å². The van der Waals surface area contributed by atoms with E-state index in [9.17, 15) is 9.59 Å². The number of hydrogen-bond acceptors (Lipinski definition) is 4. The van der Waals surface area contributed by atoms with Crippen LogP contribution in [0.3, 0.4) is 0 Å². The Balaban J connectivity index is 2.46. The first kappa shape index (κ1) is 15.2. The number of aromatic amines is 1. The van der Waals surface area contributed by atoms with E-state index in [1.165, 1.54) is 14.2 Å². The zero-order chi connectivity index (χ0) is 15.6. The van der Waals surface area contributed by atoms with Gasteiger partial charge in [0.15, 0.2) is 11.5 Å². The van der Waals surface area contributed by atoms with Gasteiger partial charge in [-0.25, -0.2) is 4.79 Å². The van der Waals surface area contributed by atoms with E-state index in [2.05, 4.69) is 4.98 Å². The van der Waals surface area contributed by atoms with Crippen molar-refractivity contribution in [1.29, 1.82) is 0 Å². The summed E-state index contributed by atoms with van der Waals surface area (Å²) in [5.74, 6) is 1.11. The smallest absolute Gasteiger partial charge is 0.329 e. The largest absolute Gasteiger partial charge is 0.493 e. The Morgan fingerprint density at radius 2 is 1.86 bits per heavy atom. The second kappa shape index (κ2) is 6.05. The molecule has 0 fully saturated rings. The second-order valence-corrected chi connectivity index (χ2v) is 4.83. The number of halogens is 1. The molecule has 6 nitrogen and oxygen atoms in total. The topological polar surface area (TPSA) is 73.3 Å².